The molecule has 10 heteroatoms. The van der Waals surface area contributed by atoms with Gasteiger partial charge in [0, 0.05) is 50.0 Å². The molecule has 1 unspecified atom stereocenters. The van der Waals surface area contributed by atoms with E-state index in [2.05, 4.69) is 15.6 Å². The van der Waals surface area contributed by atoms with Gasteiger partial charge in [0.25, 0.3) is 5.91 Å². The van der Waals surface area contributed by atoms with Gasteiger partial charge in [-0.1, -0.05) is 0 Å². The molecule has 0 bridgehead atoms. The number of nitrogens with zero attached hydrogens (tertiary/aromatic N) is 3. The first-order valence-corrected chi connectivity index (χ1v) is 10.2. The number of rotatable bonds is 5. The Balaban J connectivity index is 1.49. The molecule has 1 aromatic carbocycles. The Morgan fingerprint density at radius 1 is 1.47 bits per heavy atom. The second-order valence-electron chi connectivity index (χ2n) is 7.58. The van der Waals surface area contributed by atoms with Crippen molar-refractivity contribution >= 4 is 17.0 Å². The monoisotopic (exact) mass is 439 g/mol. The van der Waals surface area contributed by atoms with Gasteiger partial charge < -0.3 is 19.8 Å². The van der Waals surface area contributed by atoms with E-state index in [0.29, 0.717) is 35.5 Å². The van der Waals surface area contributed by atoms with Crippen LogP contribution in [0.5, 0.6) is 0 Å². The summed E-state index contributed by atoms with van der Waals surface area (Å²) in [7, 11) is 1.58. The quantitative estimate of drug-likeness (QED) is 0.614. The largest absolute Gasteiger partial charge is 0.419 e. The Labute approximate surface area is 182 Å². The highest BCUT2D eigenvalue weighted by atomic mass is 19.1. The van der Waals surface area contributed by atoms with Gasteiger partial charge in [0.2, 0.25) is 0 Å². The molecule has 2 atom stereocenters. The minimum Gasteiger partial charge on any atom is -0.408 e. The zero-order valence-corrected chi connectivity index (χ0v) is 17.4. The normalized spacial score (nSPS) is 17.5. The first-order valence-electron chi connectivity index (χ1n) is 10.2. The van der Waals surface area contributed by atoms with Gasteiger partial charge >= 0.3 is 5.76 Å². The fourth-order valence-electron chi connectivity index (χ4n) is 3.55. The number of nitriles is 1. The molecular formula is C22H22FN5O4. The third kappa shape index (κ3) is 4.54. The molecule has 166 valence electrons. The standard InChI is InChI=1S/C22H22FN5O4/c1-28-18-8-13(3-4-19(18)32-22(28)30)17-9-16(23)14(11-26-17)7-15(10-24)27-21(29)20-12-25-5-2-6-31-20/h3-4,8-9,11,15,20,25H,2,5-7,12H2,1H3,(H,27,29)/t15?,20-/m0/s1. The molecule has 1 aliphatic heterocycles. The lowest BCUT2D eigenvalue weighted by Crippen LogP contribution is -2.46. The van der Waals surface area contributed by atoms with Crippen molar-refractivity contribution in [3.05, 3.63) is 52.4 Å². The number of carbonyl (C=O) groups is 1. The zero-order valence-electron chi connectivity index (χ0n) is 17.4. The summed E-state index contributed by atoms with van der Waals surface area (Å²) in [6.07, 6.45) is 1.44. The first-order chi connectivity index (χ1) is 15.5. The maximum absolute atomic E-state index is 14.8. The van der Waals surface area contributed by atoms with E-state index in [9.17, 15) is 19.2 Å². The van der Waals surface area contributed by atoms with Crippen molar-refractivity contribution in [1.82, 2.24) is 20.2 Å². The van der Waals surface area contributed by atoms with E-state index in [-0.39, 0.29) is 12.0 Å². The summed E-state index contributed by atoms with van der Waals surface area (Å²) < 4.78 is 26.8. The summed E-state index contributed by atoms with van der Waals surface area (Å²) in [5.41, 5.74) is 2.19. The molecule has 1 aliphatic rings. The lowest BCUT2D eigenvalue weighted by Gasteiger charge is -2.18. The van der Waals surface area contributed by atoms with Crippen LogP contribution in [0.1, 0.15) is 12.0 Å². The Morgan fingerprint density at radius 3 is 3.09 bits per heavy atom. The molecule has 0 radical (unpaired) electrons. The topological polar surface area (TPSA) is 122 Å². The molecule has 1 saturated heterocycles. The number of nitrogens with one attached hydrogen (secondary N) is 2. The van der Waals surface area contributed by atoms with Crippen LogP contribution in [0.3, 0.4) is 0 Å². The third-order valence-electron chi connectivity index (χ3n) is 5.35. The fraction of sp³-hybridized carbons (Fsp3) is 0.364. The molecule has 2 N–H and O–H groups in total. The highest BCUT2D eigenvalue weighted by Gasteiger charge is 2.24. The second-order valence-corrected chi connectivity index (χ2v) is 7.58. The Morgan fingerprint density at radius 2 is 2.31 bits per heavy atom. The van der Waals surface area contributed by atoms with E-state index in [0.717, 1.165) is 13.0 Å². The molecule has 3 heterocycles. The van der Waals surface area contributed by atoms with Crippen molar-refractivity contribution in [1.29, 1.82) is 5.26 Å². The van der Waals surface area contributed by atoms with Crippen LogP contribution in [-0.2, 0) is 23.0 Å². The van der Waals surface area contributed by atoms with Gasteiger partial charge in [-0.2, -0.15) is 5.26 Å². The highest BCUT2D eigenvalue weighted by Crippen LogP contribution is 2.24. The summed E-state index contributed by atoms with van der Waals surface area (Å²) in [4.78, 5) is 28.4. The molecule has 3 aromatic rings. The number of amides is 1. The smallest absolute Gasteiger partial charge is 0.408 e. The molecule has 1 fully saturated rings. The van der Waals surface area contributed by atoms with Crippen LogP contribution in [0.2, 0.25) is 0 Å². The minimum absolute atomic E-state index is 0.0310. The molecule has 0 saturated carbocycles. The van der Waals surface area contributed by atoms with E-state index in [4.69, 9.17) is 9.15 Å². The summed E-state index contributed by atoms with van der Waals surface area (Å²) in [5, 5.41) is 15.2. The summed E-state index contributed by atoms with van der Waals surface area (Å²) >= 11 is 0. The number of hydrogen-bond donors (Lipinski definition) is 2. The predicted molar refractivity (Wildman–Crippen MR) is 113 cm³/mol. The van der Waals surface area contributed by atoms with E-state index >= 15 is 0 Å². The molecule has 0 spiro atoms. The average Bonchev–Trinajstić information content (AvgIpc) is 2.97. The molecule has 1 amide bonds. The van der Waals surface area contributed by atoms with Gasteiger partial charge in [-0.15, -0.1) is 0 Å². The van der Waals surface area contributed by atoms with E-state index in [1.807, 2.05) is 6.07 Å². The van der Waals surface area contributed by atoms with Crippen molar-refractivity contribution in [2.45, 2.75) is 25.0 Å². The number of aryl methyl sites for hydroxylation is 1. The SMILES string of the molecule is Cn1c(=O)oc2ccc(-c3cc(F)c(CC(C#N)NC(=O)[C@@H]4CNCCCO4)cn3)cc21. The number of benzene rings is 1. The Kier molecular flexibility index (Phi) is 6.30. The summed E-state index contributed by atoms with van der Waals surface area (Å²) in [5.74, 6) is -1.44. The molecule has 0 aliphatic carbocycles. The summed E-state index contributed by atoms with van der Waals surface area (Å²) in [6, 6.07) is 7.35. The number of pyridine rings is 1. The van der Waals surface area contributed by atoms with Crippen LogP contribution in [-0.4, -0.2) is 47.3 Å². The molecule has 2 aromatic heterocycles. The lowest BCUT2D eigenvalue weighted by molar-refractivity contribution is -0.132. The van der Waals surface area contributed by atoms with E-state index < -0.39 is 29.6 Å². The fourth-order valence-corrected chi connectivity index (χ4v) is 3.55. The van der Waals surface area contributed by atoms with Gasteiger partial charge in [0.1, 0.15) is 18.0 Å². The number of aromatic nitrogens is 2. The molecule has 4 rings (SSSR count). The van der Waals surface area contributed by atoms with E-state index in [1.165, 1.54) is 16.8 Å². The van der Waals surface area contributed by atoms with E-state index in [1.54, 1.807) is 25.2 Å². The van der Waals surface area contributed by atoms with Crippen molar-refractivity contribution in [3.8, 4) is 17.3 Å². The van der Waals surface area contributed by atoms with Crippen LogP contribution < -0.4 is 16.4 Å². The van der Waals surface area contributed by atoms with Crippen LogP contribution in [0.4, 0.5) is 4.39 Å². The number of hydrogen-bond acceptors (Lipinski definition) is 7. The summed E-state index contributed by atoms with van der Waals surface area (Å²) in [6.45, 7) is 1.58. The number of oxazole rings is 1. The number of fused-ring (bicyclic) bond motifs is 1. The van der Waals surface area contributed by atoms with Crippen molar-refractivity contribution in [2.24, 2.45) is 7.05 Å². The zero-order chi connectivity index (χ0) is 22.7. The van der Waals surface area contributed by atoms with Crippen molar-refractivity contribution in [3.63, 3.8) is 0 Å². The van der Waals surface area contributed by atoms with Crippen molar-refractivity contribution in [2.75, 3.05) is 19.7 Å². The second kappa shape index (κ2) is 9.30. The van der Waals surface area contributed by atoms with Crippen LogP contribution in [0.15, 0.2) is 39.7 Å². The van der Waals surface area contributed by atoms with Crippen LogP contribution in [0.25, 0.3) is 22.4 Å². The number of ether oxygens (including phenoxy) is 1. The molecule has 9 nitrogen and oxygen atoms in total. The molecule has 32 heavy (non-hydrogen) atoms. The van der Waals surface area contributed by atoms with Gasteiger partial charge in [-0.25, -0.2) is 9.18 Å². The predicted octanol–water partition coefficient (Wildman–Crippen LogP) is 1.26. The molecular weight excluding hydrogens is 417 g/mol. The number of halogens is 1. The van der Waals surface area contributed by atoms with Crippen LogP contribution in [0, 0.1) is 17.1 Å². The lowest BCUT2D eigenvalue weighted by atomic mass is 10.1. The van der Waals surface area contributed by atoms with Gasteiger partial charge in [0.15, 0.2) is 5.58 Å². The van der Waals surface area contributed by atoms with Crippen LogP contribution >= 0.6 is 0 Å². The Hall–Kier alpha value is -3.55. The first kappa shape index (κ1) is 21.7. The minimum atomic E-state index is -0.923. The number of carbonyl (C=O) groups excluding carboxylic acids is 1. The maximum atomic E-state index is 14.8. The maximum Gasteiger partial charge on any atom is 0.419 e. The van der Waals surface area contributed by atoms with Gasteiger partial charge in [0.05, 0.1) is 17.3 Å². The third-order valence-corrected chi connectivity index (χ3v) is 5.35. The van der Waals surface area contributed by atoms with Gasteiger partial charge in [-0.05, 0) is 31.2 Å². The highest BCUT2D eigenvalue weighted by molar-refractivity contribution is 5.82. The average molecular weight is 439 g/mol. The Bertz CT molecular complexity index is 1240. The van der Waals surface area contributed by atoms with Gasteiger partial charge in [-0.3, -0.25) is 14.3 Å². The van der Waals surface area contributed by atoms with Crippen molar-refractivity contribution < 1.29 is 18.3 Å².